The summed E-state index contributed by atoms with van der Waals surface area (Å²) in [6.07, 6.45) is 8.83. The molecule has 0 aromatic carbocycles. The number of pyridine rings is 3. The van der Waals surface area contributed by atoms with E-state index in [2.05, 4.69) is 61.8 Å². The average molecular weight is 903 g/mol. The number of β-amino-alcohol motifs (C(OH)–C–C–N with tert-alkyl or cyclic N) is 1. The molecule has 10 heterocycles. The highest BCUT2D eigenvalue weighted by Crippen LogP contribution is 2.44. The van der Waals surface area contributed by atoms with Gasteiger partial charge in [-0.3, -0.25) is 15.3 Å². The number of aromatic amines is 3. The first-order chi connectivity index (χ1) is 30.7. The van der Waals surface area contributed by atoms with Crippen LogP contribution in [-0.4, -0.2) is 99.3 Å². The zero-order chi connectivity index (χ0) is 43.2. The molecule has 324 valence electrons. The summed E-state index contributed by atoms with van der Waals surface area (Å²) in [5.41, 5.74) is 26.7. The Morgan fingerprint density at radius 3 is 1.71 bits per heavy atom. The lowest BCUT2D eigenvalue weighted by atomic mass is 10.1. The van der Waals surface area contributed by atoms with Crippen LogP contribution in [-0.2, 0) is 6.42 Å². The zero-order valence-electron chi connectivity index (χ0n) is 33.9. The third-order valence-electron chi connectivity index (χ3n) is 11.6. The number of anilines is 5. The highest BCUT2D eigenvalue weighted by Gasteiger charge is 2.37. The van der Waals surface area contributed by atoms with Gasteiger partial charge in [0, 0.05) is 69.0 Å². The number of nitrogens with one attached hydrogen (secondary N) is 4. The van der Waals surface area contributed by atoms with Crippen LogP contribution in [0.3, 0.4) is 0 Å². The van der Waals surface area contributed by atoms with E-state index in [0.717, 1.165) is 101 Å². The number of aliphatic hydroxyl groups is 3. The van der Waals surface area contributed by atoms with Crippen molar-refractivity contribution in [2.45, 2.75) is 37.8 Å². The second-order valence-electron chi connectivity index (χ2n) is 16.2. The molecule has 0 spiro atoms. The molecule has 13 N–H and O–H groups in total. The minimum atomic E-state index is -0.263. The first kappa shape index (κ1) is 40.9. The highest BCUT2D eigenvalue weighted by atomic mass is 32.1. The van der Waals surface area contributed by atoms with Crippen LogP contribution in [0.25, 0.3) is 62.4 Å². The third-order valence-corrected chi connectivity index (χ3v) is 15.2. The van der Waals surface area contributed by atoms with E-state index >= 15 is 0 Å². The lowest BCUT2D eigenvalue weighted by Crippen LogP contribution is -2.21. The van der Waals surface area contributed by atoms with Crippen molar-refractivity contribution in [3.63, 3.8) is 0 Å². The molecule has 3 fully saturated rings. The summed E-state index contributed by atoms with van der Waals surface area (Å²) in [7, 11) is 0. The smallest absolute Gasteiger partial charge is 0.126 e. The van der Waals surface area contributed by atoms with E-state index in [1.54, 1.807) is 52.6 Å². The number of aromatic nitrogens is 9. The number of hydrogen-bond donors (Lipinski definition) is 10. The van der Waals surface area contributed by atoms with Crippen molar-refractivity contribution in [3.05, 3.63) is 78.8 Å². The predicted octanol–water partition coefficient (Wildman–Crippen LogP) is 6.34. The van der Waals surface area contributed by atoms with Gasteiger partial charge in [0.25, 0.3) is 0 Å². The van der Waals surface area contributed by atoms with Crippen molar-refractivity contribution in [3.8, 4) is 31.7 Å². The number of fused-ring (bicyclic) bond motifs is 3. The normalized spacial score (nSPS) is 20.2. The number of rotatable bonds is 10. The monoisotopic (exact) mass is 902 g/mol. The minimum absolute atomic E-state index is 0.227. The molecule has 1 unspecified atom stereocenters. The van der Waals surface area contributed by atoms with Crippen LogP contribution in [0.2, 0.25) is 0 Å². The standard InChI is InChI=1S/C15H16N4OS.2C14H15N5OS/c16-14-5-9(3-8-4-10(8)7-20)15-12(18-14)6-13(21-15)11-1-2-17-19-11;15-13-6-11(19-4-2-8(20)7-19)14-10(17-13)5-12(21-14)9-1-3-16-18-9;15-13-5-11(17-9-3-7(9)6-20)14-10(18-13)4-12(21-14)8-1-2-16-19-8/h1-2,5-6,8,10,20H,3-4,7H2,(H2,16,18)(H,17,19);1,3,5-6,8,20H,2,4,7H2,(H2,15,17)(H,16,18);1-2,4-5,7,9,20H,3,6H2,(H,16,19)(H3,15,17,18)/t8-,10-;8-;7-,9?/m010/s1. The van der Waals surface area contributed by atoms with Gasteiger partial charge in [0.2, 0.25) is 0 Å². The largest absolute Gasteiger partial charge is 0.396 e. The fourth-order valence-corrected chi connectivity index (χ4v) is 11.4. The molecular formula is C43H46N14O3S3. The SMILES string of the molecule is Nc1cc(C[C@H]2C[C@H]2CO)c2sc(-c3ccn[nH]3)cc2n1.Nc1cc(N2CC[C@@H](O)C2)c2sc(-c3ccn[nH]3)cc2n1.Nc1cc(NC2C[C@H]2CO)c2sc(-c3ccn[nH]3)cc2n1. The van der Waals surface area contributed by atoms with Gasteiger partial charge in [0.1, 0.15) is 17.5 Å². The topological polar surface area (TPSA) is 279 Å². The van der Waals surface area contributed by atoms with Crippen LogP contribution >= 0.6 is 34.0 Å². The van der Waals surface area contributed by atoms with Crippen molar-refractivity contribution < 1.29 is 15.3 Å². The van der Waals surface area contributed by atoms with Crippen molar-refractivity contribution in [2.24, 2.45) is 17.8 Å². The van der Waals surface area contributed by atoms with Gasteiger partial charge in [0.05, 0.1) is 79.8 Å². The van der Waals surface area contributed by atoms with Gasteiger partial charge in [-0.1, -0.05) is 0 Å². The van der Waals surface area contributed by atoms with Crippen LogP contribution in [0.1, 0.15) is 24.8 Å². The second kappa shape index (κ2) is 17.2. The van der Waals surface area contributed by atoms with E-state index in [1.807, 2.05) is 48.5 Å². The second-order valence-corrected chi connectivity index (χ2v) is 19.4. The summed E-state index contributed by atoms with van der Waals surface area (Å²) in [4.78, 5) is 18.7. The van der Waals surface area contributed by atoms with E-state index in [4.69, 9.17) is 22.3 Å². The first-order valence-electron chi connectivity index (χ1n) is 20.7. The van der Waals surface area contributed by atoms with Gasteiger partial charge in [-0.2, -0.15) is 15.3 Å². The molecule has 20 heteroatoms. The molecule has 9 aromatic rings. The average Bonchev–Trinajstić information content (AvgIpc) is 3.92. The van der Waals surface area contributed by atoms with E-state index in [9.17, 15) is 10.2 Å². The maximum absolute atomic E-state index is 9.76. The predicted molar refractivity (Wildman–Crippen MR) is 253 cm³/mol. The summed E-state index contributed by atoms with van der Waals surface area (Å²) in [6.45, 7) is 2.01. The summed E-state index contributed by atoms with van der Waals surface area (Å²) >= 11 is 5.04. The van der Waals surface area contributed by atoms with Gasteiger partial charge in [0.15, 0.2) is 0 Å². The zero-order valence-corrected chi connectivity index (χ0v) is 36.4. The summed E-state index contributed by atoms with van der Waals surface area (Å²) in [5.74, 6) is 2.96. The molecule has 0 bridgehead atoms. The summed E-state index contributed by atoms with van der Waals surface area (Å²) in [5, 5.41) is 52.5. The lowest BCUT2D eigenvalue weighted by molar-refractivity contribution is 0.198. The number of nitrogens with zero attached hydrogens (tertiary/aromatic N) is 7. The molecule has 3 aliphatic rings. The Morgan fingerprint density at radius 1 is 0.651 bits per heavy atom. The Bertz CT molecular complexity index is 2850. The quantitative estimate of drug-likeness (QED) is 0.0717. The molecule has 12 rings (SSSR count). The Kier molecular flexibility index (Phi) is 11.2. The molecule has 1 aliphatic heterocycles. The van der Waals surface area contributed by atoms with E-state index in [0.29, 0.717) is 47.8 Å². The van der Waals surface area contributed by atoms with Crippen LogP contribution in [0.15, 0.2) is 73.2 Å². The van der Waals surface area contributed by atoms with Crippen LogP contribution < -0.4 is 27.4 Å². The van der Waals surface area contributed by atoms with Gasteiger partial charge in [-0.25, -0.2) is 15.0 Å². The number of nitrogen functional groups attached to an aromatic ring is 3. The molecule has 5 atom stereocenters. The molecule has 0 radical (unpaired) electrons. The highest BCUT2D eigenvalue weighted by molar-refractivity contribution is 7.23. The minimum Gasteiger partial charge on any atom is -0.396 e. The number of hydrogen-bond acceptors (Lipinski definition) is 17. The van der Waals surface area contributed by atoms with E-state index in [-0.39, 0.29) is 19.3 Å². The molecule has 1 saturated heterocycles. The van der Waals surface area contributed by atoms with Crippen molar-refractivity contribution in [1.29, 1.82) is 0 Å². The summed E-state index contributed by atoms with van der Waals surface area (Å²) < 4.78 is 3.37. The van der Waals surface area contributed by atoms with Crippen LogP contribution in [0, 0.1) is 17.8 Å². The maximum atomic E-state index is 9.76. The lowest BCUT2D eigenvalue weighted by Gasteiger charge is -2.18. The van der Waals surface area contributed by atoms with Crippen LogP contribution in [0.5, 0.6) is 0 Å². The molecule has 0 amide bonds. The molecule has 17 nitrogen and oxygen atoms in total. The Hall–Kier alpha value is -6.16. The Balaban J connectivity index is 0.000000112. The van der Waals surface area contributed by atoms with Gasteiger partial charge in [-0.15, -0.1) is 34.0 Å². The number of nitrogens with two attached hydrogens (primary N) is 3. The first-order valence-corrected chi connectivity index (χ1v) is 23.1. The fourth-order valence-electron chi connectivity index (χ4n) is 8.10. The molecule has 2 aliphatic carbocycles. The maximum Gasteiger partial charge on any atom is 0.126 e. The Morgan fingerprint density at radius 2 is 1.19 bits per heavy atom. The molecule has 2 saturated carbocycles. The van der Waals surface area contributed by atoms with Gasteiger partial charge in [-0.05, 0) is 85.5 Å². The molecule has 63 heavy (non-hydrogen) atoms. The fraction of sp³-hybridized carbons (Fsp3) is 0.302. The van der Waals surface area contributed by atoms with Crippen molar-refractivity contribution >= 4 is 93.5 Å². The van der Waals surface area contributed by atoms with Crippen molar-refractivity contribution in [1.82, 2.24) is 45.5 Å². The van der Waals surface area contributed by atoms with Gasteiger partial charge < -0.3 is 42.7 Å². The van der Waals surface area contributed by atoms with E-state index in [1.165, 1.54) is 10.3 Å². The van der Waals surface area contributed by atoms with Crippen molar-refractivity contribution in [2.75, 3.05) is 53.7 Å². The van der Waals surface area contributed by atoms with Gasteiger partial charge >= 0.3 is 0 Å². The Labute approximate surface area is 372 Å². The number of thiophene rings is 3. The number of H-pyrrole nitrogens is 3. The third kappa shape index (κ3) is 8.77. The van der Waals surface area contributed by atoms with E-state index < -0.39 is 0 Å². The molecule has 9 aromatic heterocycles. The summed E-state index contributed by atoms with van der Waals surface area (Å²) in [6, 6.07) is 18.0. The van der Waals surface area contributed by atoms with Crippen LogP contribution in [0.4, 0.5) is 28.8 Å². The molecular weight excluding hydrogens is 857 g/mol. The number of aliphatic hydroxyl groups excluding tert-OH is 3.